The van der Waals surface area contributed by atoms with E-state index in [2.05, 4.69) is 37.2 Å². The number of hydrogen-bond acceptors (Lipinski definition) is 5. The predicted octanol–water partition coefficient (Wildman–Crippen LogP) is 3.94. The van der Waals surface area contributed by atoms with E-state index >= 15 is 0 Å². The fourth-order valence-electron chi connectivity index (χ4n) is 3.03. The topological polar surface area (TPSA) is 46.6 Å². The summed E-state index contributed by atoms with van der Waals surface area (Å²) in [5.41, 5.74) is 2.17. The molecule has 0 amide bonds. The SMILES string of the molecule is COc1cc(NC2CCCN(c3cncc(Br)c3)C2)cc(OC)c1. The van der Waals surface area contributed by atoms with Crippen LogP contribution in [0, 0.1) is 0 Å². The average Bonchev–Trinajstić information content (AvgIpc) is 2.61. The minimum absolute atomic E-state index is 0.370. The molecule has 0 aliphatic carbocycles. The van der Waals surface area contributed by atoms with Gasteiger partial charge in [0.1, 0.15) is 11.5 Å². The molecule has 0 saturated carbocycles. The van der Waals surface area contributed by atoms with E-state index in [9.17, 15) is 0 Å². The largest absolute Gasteiger partial charge is 0.497 e. The molecular weight excluding hydrogens is 370 g/mol. The first-order valence-corrected chi connectivity index (χ1v) is 8.82. The van der Waals surface area contributed by atoms with Gasteiger partial charge in [-0.15, -0.1) is 0 Å². The molecule has 5 nitrogen and oxygen atoms in total. The summed E-state index contributed by atoms with van der Waals surface area (Å²) in [6, 6.07) is 8.37. The van der Waals surface area contributed by atoms with Gasteiger partial charge >= 0.3 is 0 Å². The summed E-state index contributed by atoms with van der Waals surface area (Å²) in [4.78, 5) is 6.64. The van der Waals surface area contributed by atoms with Gasteiger partial charge in [0.15, 0.2) is 0 Å². The van der Waals surface area contributed by atoms with E-state index in [1.54, 1.807) is 14.2 Å². The van der Waals surface area contributed by atoms with Gasteiger partial charge in [0.05, 0.1) is 26.1 Å². The minimum Gasteiger partial charge on any atom is -0.497 e. The number of rotatable bonds is 5. The highest BCUT2D eigenvalue weighted by molar-refractivity contribution is 9.10. The molecule has 0 spiro atoms. The Morgan fingerprint density at radius 2 is 1.88 bits per heavy atom. The molecule has 24 heavy (non-hydrogen) atoms. The number of nitrogens with one attached hydrogen (secondary N) is 1. The molecule has 0 radical (unpaired) electrons. The van der Waals surface area contributed by atoms with Crippen LogP contribution in [0.4, 0.5) is 11.4 Å². The third-order valence-electron chi connectivity index (χ3n) is 4.20. The van der Waals surface area contributed by atoms with Gasteiger partial charge in [-0.3, -0.25) is 4.98 Å². The maximum absolute atomic E-state index is 5.35. The van der Waals surface area contributed by atoms with E-state index in [0.717, 1.165) is 53.3 Å². The van der Waals surface area contributed by atoms with Crippen LogP contribution in [0.3, 0.4) is 0 Å². The fourth-order valence-corrected chi connectivity index (χ4v) is 3.38. The number of nitrogens with zero attached hydrogens (tertiary/aromatic N) is 2. The van der Waals surface area contributed by atoms with Gasteiger partial charge in [0, 0.05) is 53.7 Å². The zero-order chi connectivity index (χ0) is 16.9. The Labute approximate surface area is 151 Å². The number of halogens is 1. The second-order valence-electron chi connectivity index (χ2n) is 5.89. The number of aromatic nitrogens is 1. The van der Waals surface area contributed by atoms with Crippen molar-refractivity contribution in [3.8, 4) is 11.5 Å². The maximum Gasteiger partial charge on any atom is 0.124 e. The van der Waals surface area contributed by atoms with Crippen molar-refractivity contribution in [2.75, 3.05) is 37.5 Å². The molecule has 1 aliphatic rings. The van der Waals surface area contributed by atoms with Crippen molar-refractivity contribution in [3.05, 3.63) is 41.1 Å². The van der Waals surface area contributed by atoms with E-state index in [0.29, 0.717) is 6.04 Å². The molecule has 1 unspecified atom stereocenters. The lowest BCUT2D eigenvalue weighted by Gasteiger charge is -2.35. The third kappa shape index (κ3) is 4.12. The molecule has 0 bridgehead atoms. The lowest BCUT2D eigenvalue weighted by atomic mass is 10.0. The van der Waals surface area contributed by atoms with Gasteiger partial charge in [0.25, 0.3) is 0 Å². The van der Waals surface area contributed by atoms with Crippen molar-refractivity contribution in [2.24, 2.45) is 0 Å². The van der Waals surface area contributed by atoms with E-state index < -0.39 is 0 Å². The van der Waals surface area contributed by atoms with Crippen LogP contribution in [-0.2, 0) is 0 Å². The van der Waals surface area contributed by atoms with Crippen LogP contribution in [0.15, 0.2) is 41.1 Å². The standard InChI is InChI=1S/C18H22BrN3O2/c1-23-17-7-15(8-18(9-17)24-2)21-14-4-3-5-22(12-14)16-6-13(19)10-20-11-16/h6-11,14,21H,3-5,12H2,1-2H3. The summed E-state index contributed by atoms with van der Waals surface area (Å²) in [6.45, 7) is 2.00. The zero-order valence-electron chi connectivity index (χ0n) is 14.0. The van der Waals surface area contributed by atoms with Crippen molar-refractivity contribution in [1.29, 1.82) is 0 Å². The summed E-state index contributed by atoms with van der Waals surface area (Å²) < 4.78 is 11.7. The van der Waals surface area contributed by atoms with Crippen LogP contribution in [-0.4, -0.2) is 38.3 Å². The molecule has 1 atom stereocenters. The first-order chi connectivity index (χ1) is 11.7. The Balaban J connectivity index is 1.71. The molecule has 3 rings (SSSR count). The summed E-state index contributed by atoms with van der Waals surface area (Å²) >= 11 is 3.50. The lowest BCUT2D eigenvalue weighted by molar-refractivity contribution is 0.394. The Hall–Kier alpha value is -1.95. The van der Waals surface area contributed by atoms with E-state index in [1.165, 1.54) is 0 Å². The summed E-state index contributed by atoms with van der Waals surface area (Å²) in [7, 11) is 3.34. The fraction of sp³-hybridized carbons (Fsp3) is 0.389. The summed E-state index contributed by atoms with van der Waals surface area (Å²) in [5.74, 6) is 1.58. The molecular formula is C18H22BrN3O2. The first-order valence-electron chi connectivity index (χ1n) is 8.03. The van der Waals surface area contributed by atoms with Crippen LogP contribution in [0.2, 0.25) is 0 Å². The monoisotopic (exact) mass is 391 g/mol. The highest BCUT2D eigenvalue weighted by Crippen LogP contribution is 2.28. The van der Waals surface area contributed by atoms with Crippen molar-refractivity contribution < 1.29 is 9.47 Å². The van der Waals surface area contributed by atoms with Gasteiger partial charge in [-0.05, 0) is 34.8 Å². The van der Waals surface area contributed by atoms with Crippen molar-refractivity contribution in [2.45, 2.75) is 18.9 Å². The van der Waals surface area contributed by atoms with E-state index in [1.807, 2.05) is 30.6 Å². The number of methoxy groups -OCH3 is 2. The van der Waals surface area contributed by atoms with E-state index in [4.69, 9.17) is 9.47 Å². The van der Waals surface area contributed by atoms with Crippen LogP contribution in [0.5, 0.6) is 11.5 Å². The number of piperidine rings is 1. The molecule has 1 aromatic heterocycles. The molecule has 1 aromatic carbocycles. The Morgan fingerprint density at radius 3 is 2.54 bits per heavy atom. The second kappa shape index (κ2) is 7.75. The molecule has 2 heterocycles. The molecule has 2 aromatic rings. The number of hydrogen-bond donors (Lipinski definition) is 1. The Morgan fingerprint density at radius 1 is 1.12 bits per heavy atom. The van der Waals surface area contributed by atoms with Gasteiger partial charge in [0.2, 0.25) is 0 Å². The van der Waals surface area contributed by atoms with Crippen molar-refractivity contribution in [3.63, 3.8) is 0 Å². The molecule has 1 N–H and O–H groups in total. The zero-order valence-corrected chi connectivity index (χ0v) is 15.5. The lowest BCUT2D eigenvalue weighted by Crippen LogP contribution is -2.42. The molecule has 128 valence electrons. The van der Waals surface area contributed by atoms with Crippen LogP contribution in [0.1, 0.15) is 12.8 Å². The van der Waals surface area contributed by atoms with Crippen LogP contribution < -0.4 is 19.7 Å². The Kier molecular flexibility index (Phi) is 5.45. The number of anilines is 2. The normalized spacial score (nSPS) is 17.5. The summed E-state index contributed by atoms with van der Waals surface area (Å²) in [5, 5.41) is 3.61. The van der Waals surface area contributed by atoms with Gasteiger partial charge in [-0.2, -0.15) is 0 Å². The predicted molar refractivity (Wildman–Crippen MR) is 100 cm³/mol. The maximum atomic E-state index is 5.35. The van der Waals surface area contributed by atoms with Crippen LogP contribution >= 0.6 is 15.9 Å². The molecule has 6 heteroatoms. The number of pyridine rings is 1. The molecule has 1 fully saturated rings. The van der Waals surface area contributed by atoms with Gasteiger partial charge in [-0.1, -0.05) is 0 Å². The quantitative estimate of drug-likeness (QED) is 0.835. The first kappa shape index (κ1) is 16.9. The smallest absolute Gasteiger partial charge is 0.124 e. The Bertz CT molecular complexity index is 673. The molecule has 1 aliphatic heterocycles. The average molecular weight is 392 g/mol. The van der Waals surface area contributed by atoms with E-state index in [-0.39, 0.29) is 0 Å². The molecule has 1 saturated heterocycles. The highest BCUT2D eigenvalue weighted by atomic mass is 79.9. The summed E-state index contributed by atoms with van der Waals surface area (Å²) in [6.07, 6.45) is 6.01. The second-order valence-corrected chi connectivity index (χ2v) is 6.81. The number of benzene rings is 1. The van der Waals surface area contributed by atoms with Crippen LogP contribution in [0.25, 0.3) is 0 Å². The third-order valence-corrected chi connectivity index (χ3v) is 4.63. The van der Waals surface area contributed by atoms with Gasteiger partial charge < -0.3 is 19.7 Å². The highest BCUT2D eigenvalue weighted by Gasteiger charge is 2.20. The van der Waals surface area contributed by atoms with Gasteiger partial charge in [-0.25, -0.2) is 0 Å². The van der Waals surface area contributed by atoms with Crippen molar-refractivity contribution in [1.82, 2.24) is 4.98 Å². The number of ether oxygens (including phenoxy) is 2. The minimum atomic E-state index is 0.370. The van der Waals surface area contributed by atoms with Crippen molar-refractivity contribution >= 4 is 27.3 Å².